The van der Waals surface area contributed by atoms with Crippen LogP contribution in [0.2, 0.25) is 0 Å². The molecule has 0 bridgehead atoms. The SMILES string of the molecule is Cc1nn(-c2ccc(F)cc2)c(C)c1C(=O)N1CCNCC1.Cl. The van der Waals surface area contributed by atoms with Crippen LogP contribution in [0.5, 0.6) is 0 Å². The molecule has 2 aromatic rings. The molecule has 0 radical (unpaired) electrons. The summed E-state index contributed by atoms with van der Waals surface area (Å²) < 4.78 is 14.8. The van der Waals surface area contributed by atoms with Gasteiger partial charge in [-0.15, -0.1) is 12.4 Å². The summed E-state index contributed by atoms with van der Waals surface area (Å²) in [4.78, 5) is 14.6. The summed E-state index contributed by atoms with van der Waals surface area (Å²) in [7, 11) is 0. The Labute approximate surface area is 140 Å². The molecule has 23 heavy (non-hydrogen) atoms. The van der Waals surface area contributed by atoms with Crippen LogP contribution >= 0.6 is 12.4 Å². The number of rotatable bonds is 2. The van der Waals surface area contributed by atoms with E-state index in [1.807, 2.05) is 18.7 Å². The van der Waals surface area contributed by atoms with E-state index in [-0.39, 0.29) is 24.1 Å². The van der Waals surface area contributed by atoms with E-state index in [0.717, 1.165) is 24.5 Å². The normalized spacial score (nSPS) is 14.5. The third-order valence-electron chi connectivity index (χ3n) is 3.98. The first kappa shape index (κ1) is 17.4. The molecule has 1 fully saturated rings. The van der Waals surface area contributed by atoms with Gasteiger partial charge < -0.3 is 10.2 Å². The molecule has 0 unspecified atom stereocenters. The van der Waals surface area contributed by atoms with E-state index in [0.29, 0.717) is 24.3 Å². The van der Waals surface area contributed by atoms with Gasteiger partial charge >= 0.3 is 0 Å². The van der Waals surface area contributed by atoms with Crippen molar-refractivity contribution in [3.8, 4) is 5.69 Å². The average Bonchev–Trinajstić information content (AvgIpc) is 2.83. The largest absolute Gasteiger partial charge is 0.336 e. The topological polar surface area (TPSA) is 50.2 Å². The second-order valence-corrected chi connectivity index (χ2v) is 5.48. The molecule has 3 rings (SSSR count). The van der Waals surface area contributed by atoms with Crippen molar-refractivity contribution in [2.75, 3.05) is 26.2 Å². The van der Waals surface area contributed by atoms with Crippen LogP contribution in [0.15, 0.2) is 24.3 Å². The summed E-state index contributed by atoms with van der Waals surface area (Å²) in [5, 5.41) is 7.69. The third kappa shape index (κ3) is 3.38. The summed E-state index contributed by atoms with van der Waals surface area (Å²) in [5.74, 6) is -0.271. The van der Waals surface area contributed by atoms with Crippen molar-refractivity contribution in [2.45, 2.75) is 13.8 Å². The minimum Gasteiger partial charge on any atom is -0.336 e. The van der Waals surface area contributed by atoms with Crippen LogP contribution in [0, 0.1) is 19.7 Å². The van der Waals surface area contributed by atoms with E-state index >= 15 is 0 Å². The van der Waals surface area contributed by atoms with Crippen molar-refractivity contribution in [3.05, 3.63) is 47.0 Å². The number of piperazine rings is 1. The molecule has 1 N–H and O–H groups in total. The Morgan fingerprint density at radius 2 is 1.78 bits per heavy atom. The molecule has 5 nitrogen and oxygen atoms in total. The van der Waals surface area contributed by atoms with Crippen molar-refractivity contribution >= 4 is 18.3 Å². The molecule has 1 aliphatic heterocycles. The lowest BCUT2D eigenvalue weighted by Crippen LogP contribution is -2.46. The molecular formula is C16H20ClFN4O. The Bertz CT molecular complexity index is 693. The van der Waals surface area contributed by atoms with E-state index in [9.17, 15) is 9.18 Å². The second kappa shape index (κ2) is 7.10. The minimum absolute atomic E-state index is 0. The summed E-state index contributed by atoms with van der Waals surface area (Å²) >= 11 is 0. The fourth-order valence-corrected chi connectivity index (χ4v) is 2.81. The molecule has 1 saturated heterocycles. The van der Waals surface area contributed by atoms with Crippen molar-refractivity contribution in [1.82, 2.24) is 20.0 Å². The summed E-state index contributed by atoms with van der Waals surface area (Å²) in [5.41, 5.74) is 2.88. The van der Waals surface area contributed by atoms with Gasteiger partial charge in [0.15, 0.2) is 0 Å². The fourth-order valence-electron chi connectivity index (χ4n) is 2.81. The fraction of sp³-hybridized carbons (Fsp3) is 0.375. The van der Waals surface area contributed by atoms with Crippen molar-refractivity contribution < 1.29 is 9.18 Å². The average molecular weight is 339 g/mol. The zero-order valence-corrected chi connectivity index (χ0v) is 14.0. The van der Waals surface area contributed by atoms with Crippen LogP contribution in [0.25, 0.3) is 5.69 Å². The van der Waals surface area contributed by atoms with Crippen LogP contribution in [0.3, 0.4) is 0 Å². The number of halogens is 2. The highest BCUT2D eigenvalue weighted by molar-refractivity contribution is 5.96. The van der Waals surface area contributed by atoms with Gasteiger partial charge in [-0.2, -0.15) is 5.10 Å². The zero-order chi connectivity index (χ0) is 15.7. The van der Waals surface area contributed by atoms with Crippen molar-refractivity contribution in [2.24, 2.45) is 0 Å². The minimum atomic E-state index is -0.289. The van der Waals surface area contributed by atoms with Crippen LogP contribution in [0.4, 0.5) is 4.39 Å². The Morgan fingerprint density at radius 1 is 1.17 bits per heavy atom. The lowest BCUT2D eigenvalue weighted by Gasteiger charge is -2.27. The van der Waals surface area contributed by atoms with E-state index in [1.54, 1.807) is 16.8 Å². The molecule has 0 atom stereocenters. The van der Waals surface area contributed by atoms with Gasteiger partial charge in [0.1, 0.15) is 5.82 Å². The maximum atomic E-state index is 13.1. The first-order valence-corrected chi connectivity index (χ1v) is 7.40. The van der Waals surface area contributed by atoms with Crippen LogP contribution in [-0.4, -0.2) is 46.8 Å². The molecule has 1 aromatic heterocycles. The molecule has 2 heterocycles. The third-order valence-corrected chi connectivity index (χ3v) is 3.98. The predicted octanol–water partition coefficient (Wildman–Crippen LogP) is 2.10. The number of aromatic nitrogens is 2. The van der Waals surface area contributed by atoms with Gasteiger partial charge in [0.25, 0.3) is 5.91 Å². The number of hydrogen-bond donors (Lipinski definition) is 1. The molecule has 7 heteroatoms. The Kier molecular flexibility index (Phi) is 5.38. The molecule has 1 aliphatic rings. The number of carbonyl (C=O) groups excluding carboxylic acids is 1. The van der Waals surface area contributed by atoms with E-state index in [1.165, 1.54) is 12.1 Å². The predicted molar refractivity (Wildman–Crippen MR) is 89.0 cm³/mol. The van der Waals surface area contributed by atoms with E-state index in [4.69, 9.17) is 0 Å². The quantitative estimate of drug-likeness (QED) is 0.912. The van der Waals surface area contributed by atoms with Gasteiger partial charge in [-0.05, 0) is 38.1 Å². The molecule has 0 spiro atoms. The van der Waals surface area contributed by atoms with Gasteiger partial charge in [-0.25, -0.2) is 9.07 Å². The zero-order valence-electron chi connectivity index (χ0n) is 13.2. The van der Waals surface area contributed by atoms with E-state index in [2.05, 4.69) is 10.4 Å². The number of nitrogens with one attached hydrogen (secondary N) is 1. The van der Waals surface area contributed by atoms with Crippen LogP contribution < -0.4 is 5.32 Å². The van der Waals surface area contributed by atoms with Gasteiger partial charge in [0.2, 0.25) is 0 Å². The molecule has 0 saturated carbocycles. The highest BCUT2D eigenvalue weighted by atomic mass is 35.5. The van der Waals surface area contributed by atoms with Crippen molar-refractivity contribution in [1.29, 1.82) is 0 Å². The lowest BCUT2D eigenvalue weighted by molar-refractivity contribution is 0.0734. The summed E-state index contributed by atoms with van der Waals surface area (Å²) in [6.07, 6.45) is 0. The first-order valence-electron chi connectivity index (χ1n) is 7.40. The molecule has 0 aliphatic carbocycles. The van der Waals surface area contributed by atoms with Gasteiger partial charge in [-0.3, -0.25) is 4.79 Å². The number of nitrogens with zero attached hydrogens (tertiary/aromatic N) is 3. The van der Waals surface area contributed by atoms with Gasteiger partial charge in [0.05, 0.1) is 22.6 Å². The van der Waals surface area contributed by atoms with Crippen LogP contribution in [0.1, 0.15) is 21.7 Å². The second-order valence-electron chi connectivity index (χ2n) is 5.48. The lowest BCUT2D eigenvalue weighted by atomic mass is 10.1. The number of benzene rings is 1. The smallest absolute Gasteiger partial charge is 0.257 e. The maximum Gasteiger partial charge on any atom is 0.257 e. The highest BCUT2D eigenvalue weighted by Crippen LogP contribution is 2.20. The Morgan fingerprint density at radius 3 is 2.39 bits per heavy atom. The Balaban J connectivity index is 0.00000192. The number of hydrogen-bond acceptors (Lipinski definition) is 3. The highest BCUT2D eigenvalue weighted by Gasteiger charge is 2.25. The van der Waals surface area contributed by atoms with Gasteiger partial charge in [-0.1, -0.05) is 0 Å². The molecule has 1 aromatic carbocycles. The molecular weight excluding hydrogens is 319 g/mol. The molecule has 1 amide bonds. The maximum absolute atomic E-state index is 13.1. The number of amides is 1. The molecule has 124 valence electrons. The van der Waals surface area contributed by atoms with Gasteiger partial charge in [0, 0.05) is 26.2 Å². The number of aryl methyl sites for hydroxylation is 1. The standard InChI is InChI=1S/C16H19FN4O.ClH/c1-11-15(16(22)20-9-7-18-8-10-20)12(2)21(19-11)14-5-3-13(17)4-6-14;/h3-6,18H,7-10H2,1-2H3;1H. The summed E-state index contributed by atoms with van der Waals surface area (Å²) in [6, 6.07) is 6.11. The Hall–Kier alpha value is -1.92. The number of carbonyl (C=O) groups is 1. The van der Waals surface area contributed by atoms with Crippen LogP contribution in [-0.2, 0) is 0 Å². The summed E-state index contributed by atoms with van der Waals surface area (Å²) in [6.45, 7) is 6.76. The van der Waals surface area contributed by atoms with E-state index < -0.39 is 0 Å². The monoisotopic (exact) mass is 338 g/mol. The van der Waals surface area contributed by atoms with Crippen molar-refractivity contribution in [3.63, 3.8) is 0 Å². The first-order chi connectivity index (χ1) is 10.6.